The first-order chi connectivity index (χ1) is 18.9. The third-order valence-electron chi connectivity index (χ3n) is 6.80. The van der Waals surface area contributed by atoms with Crippen LogP contribution < -0.4 is 19.8 Å². The van der Waals surface area contributed by atoms with Crippen LogP contribution in [0.4, 0.5) is 5.13 Å². The molecule has 0 aliphatic carbocycles. The van der Waals surface area contributed by atoms with Crippen LogP contribution in [0.5, 0.6) is 11.5 Å². The number of benzene rings is 3. The molecular formula is C30H23BrN2O5S. The zero-order chi connectivity index (χ0) is 27.3. The number of thiazole rings is 1. The number of aromatic nitrogens is 1. The van der Waals surface area contributed by atoms with Crippen LogP contribution in [0.15, 0.2) is 80.4 Å². The van der Waals surface area contributed by atoms with Crippen LogP contribution >= 0.6 is 27.3 Å². The molecule has 1 atom stereocenters. The fourth-order valence-electron chi connectivity index (χ4n) is 4.73. The van der Waals surface area contributed by atoms with Crippen LogP contribution in [-0.4, -0.2) is 18.0 Å². The molecule has 6 rings (SSSR count). The quantitative estimate of drug-likeness (QED) is 0.209. The van der Waals surface area contributed by atoms with Gasteiger partial charge in [0.2, 0.25) is 5.76 Å². The number of rotatable bonds is 6. The van der Waals surface area contributed by atoms with Gasteiger partial charge in [0.1, 0.15) is 12.2 Å². The van der Waals surface area contributed by atoms with Crippen molar-refractivity contribution in [1.82, 2.24) is 4.98 Å². The molecule has 0 bridgehead atoms. The first kappa shape index (κ1) is 25.3. The Kier molecular flexibility index (Phi) is 6.48. The number of amides is 1. The fourth-order valence-corrected chi connectivity index (χ4v) is 6.02. The molecule has 7 nitrogen and oxygen atoms in total. The third-order valence-corrected chi connectivity index (χ3v) is 8.36. The van der Waals surface area contributed by atoms with E-state index in [1.54, 1.807) is 42.3 Å². The monoisotopic (exact) mass is 602 g/mol. The number of hydrogen-bond donors (Lipinski definition) is 0. The van der Waals surface area contributed by atoms with Crippen LogP contribution in [0, 0.1) is 13.8 Å². The van der Waals surface area contributed by atoms with E-state index in [1.165, 1.54) is 11.3 Å². The lowest BCUT2D eigenvalue weighted by Gasteiger charge is -2.23. The Morgan fingerprint density at radius 1 is 1.03 bits per heavy atom. The van der Waals surface area contributed by atoms with Crippen molar-refractivity contribution in [3.05, 3.63) is 114 Å². The van der Waals surface area contributed by atoms with Crippen molar-refractivity contribution in [3.63, 3.8) is 0 Å². The van der Waals surface area contributed by atoms with Gasteiger partial charge in [-0.1, -0.05) is 52.3 Å². The van der Waals surface area contributed by atoms with Gasteiger partial charge in [-0.2, -0.15) is 0 Å². The average Bonchev–Trinajstić information content (AvgIpc) is 3.43. The summed E-state index contributed by atoms with van der Waals surface area (Å²) in [6.07, 6.45) is 0. The second-order valence-corrected chi connectivity index (χ2v) is 11.3. The van der Waals surface area contributed by atoms with Crippen molar-refractivity contribution in [3.8, 4) is 11.5 Å². The van der Waals surface area contributed by atoms with E-state index in [9.17, 15) is 9.59 Å². The Bertz CT molecular complexity index is 1780. The molecular weight excluding hydrogens is 580 g/mol. The Morgan fingerprint density at radius 2 is 1.82 bits per heavy atom. The van der Waals surface area contributed by atoms with E-state index in [0.29, 0.717) is 39.8 Å². The molecule has 39 heavy (non-hydrogen) atoms. The van der Waals surface area contributed by atoms with Crippen molar-refractivity contribution in [1.29, 1.82) is 0 Å². The summed E-state index contributed by atoms with van der Waals surface area (Å²) in [6.45, 7) is 4.22. The van der Waals surface area contributed by atoms with Gasteiger partial charge in [-0.3, -0.25) is 14.5 Å². The predicted molar refractivity (Wildman–Crippen MR) is 154 cm³/mol. The Hall–Kier alpha value is -3.95. The van der Waals surface area contributed by atoms with Gasteiger partial charge >= 0.3 is 0 Å². The van der Waals surface area contributed by atoms with E-state index in [0.717, 1.165) is 20.6 Å². The zero-order valence-electron chi connectivity index (χ0n) is 21.4. The molecule has 1 amide bonds. The van der Waals surface area contributed by atoms with Crippen LogP contribution in [0.25, 0.3) is 11.0 Å². The summed E-state index contributed by atoms with van der Waals surface area (Å²) >= 11 is 4.84. The predicted octanol–water partition coefficient (Wildman–Crippen LogP) is 6.97. The van der Waals surface area contributed by atoms with E-state index in [-0.39, 0.29) is 16.8 Å². The number of nitrogens with zero attached hydrogens (tertiary/aromatic N) is 2. The van der Waals surface area contributed by atoms with Crippen LogP contribution in [0.2, 0.25) is 0 Å². The van der Waals surface area contributed by atoms with Gasteiger partial charge < -0.3 is 13.9 Å². The highest BCUT2D eigenvalue weighted by Crippen LogP contribution is 2.44. The van der Waals surface area contributed by atoms with Gasteiger partial charge in [0, 0.05) is 9.35 Å². The minimum absolute atomic E-state index is 0.0219. The maximum atomic E-state index is 13.9. The molecule has 1 aliphatic heterocycles. The second-order valence-electron chi connectivity index (χ2n) is 9.21. The SMILES string of the molecule is COc1cc(C2c3c(oc4ccc(Br)cc4c3=O)C(=O)N2c2nc(C)c(C)s2)ccc1OCc1ccccc1. The number of carbonyl (C=O) groups is 1. The maximum absolute atomic E-state index is 13.9. The lowest BCUT2D eigenvalue weighted by Crippen LogP contribution is -2.29. The van der Waals surface area contributed by atoms with Crippen molar-refractivity contribution in [2.45, 2.75) is 26.5 Å². The standard InChI is InChI=1S/C30H23BrN2O5S/c1-16-17(2)39-30(32-16)33-26(25-27(34)21-14-20(31)10-12-22(21)38-28(25)29(33)35)19-9-11-23(24(13-19)36-3)37-15-18-7-5-4-6-8-18/h4-14,26H,15H2,1-3H3. The first-order valence-corrected chi connectivity index (χ1v) is 13.8. The summed E-state index contributed by atoms with van der Waals surface area (Å²) in [5, 5.41) is 0.892. The summed E-state index contributed by atoms with van der Waals surface area (Å²) in [5.41, 5.74) is 2.89. The molecule has 0 saturated heterocycles. The minimum atomic E-state index is -0.755. The molecule has 0 N–H and O–H groups in total. The van der Waals surface area contributed by atoms with Gasteiger partial charge in [0.05, 0.1) is 29.8 Å². The number of aryl methyl sites for hydroxylation is 2. The molecule has 0 spiro atoms. The number of anilines is 1. The van der Waals surface area contributed by atoms with Crippen molar-refractivity contribution in [2.24, 2.45) is 0 Å². The highest BCUT2D eigenvalue weighted by atomic mass is 79.9. The van der Waals surface area contributed by atoms with E-state index < -0.39 is 11.9 Å². The van der Waals surface area contributed by atoms with Crippen LogP contribution in [0.1, 0.15) is 43.9 Å². The van der Waals surface area contributed by atoms with Crippen LogP contribution in [0.3, 0.4) is 0 Å². The molecule has 1 unspecified atom stereocenters. The van der Waals surface area contributed by atoms with Crippen molar-refractivity contribution in [2.75, 3.05) is 12.0 Å². The molecule has 196 valence electrons. The Labute approximate surface area is 236 Å². The molecule has 2 aromatic heterocycles. The van der Waals surface area contributed by atoms with Crippen LogP contribution in [-0.2, 0) is 6.61 Å². The molecule has 5 aromatic rings. The normalized spacial score (nSPS) is 14.6. The molecule has 3 aromatic carbocycles. The number of methoxy groups -OCH3 is 1. The minimum Gasteiger partial charge on any atom is -0.493 e. The highest BCUT2D eigenvalue weighted by Gasteiger charge is 2.45. The second kappa shape index (κ2) is 9.98. The van der Waals surface area contributed by atoms with Gasteiger partial charge in [0.15, 0.2) is 22.1 Å². The van der Waals surface area contributed by atoms with E-state index in [2.05, 4.69) is 20.9 Å². The summed E-state index contributed by atoms with van der Waals surface area (Å²) in [6, 6.07) is 19.7. The average molecular weight is 603 g/mol. The molecule has 0 saturated carbocycles. The summed E-state index contributed by atoms with van der Waals surface area (Å²) in [4.78, 5) is 34.9. The van der Waals surface area contributed by atoms with Crippen molar-refractivity contribution >= 4 is 49.3 Å². The zero-order valence-corrected chi connectivity index (χ0v) is 23.8. The smallest absolute Gasteiger partial charge is 0.297 e. The fraction of sp³-hybridized carbons (Fsp3) is 0.167. The molecule has 0 fully saturated rings. The Balaban J connectivity index is 1.50. The largest absolute Gasteiger partial charge is 0.493 e. The first-order valence-electron chi connectivity index (χ1n) is 12.2. The highest BCUT2D eigenvalue weighted by molar-refractivity contribution is 9.10. The number of halogens is 1. The van der Waals surface area contributed by atoms with Crippen molar-refractivity contribution < 1.29 is 18.7 Å². The molecule has 1 aliphatic rings. The van der Waals surface area contributed by atoms with Gasteiger partial charge in [-0.05, 0) is 55.3 Å². The maximum Gasteiger partial charge on any atom is 0.297 e. The number of fused-ring (bicyclic) bond motifs is 2. The summed E-state index contributed by atoms with van der Waals surface area (Å²) in [5.74, 6) is 0.656. The van der Waals surface area contributed by atoms with E-state index in [1.807, 2.05) is 50.2 Å². The number of carbonyl (C=O) groups excluding carboxylic acids is 1. The molecule has 9 heteroatoms. The molecule has 3 heterocycles. The topological polar surface area (TPSA) is 81.9 Å². The number of ether oxygens (including phenoxy) is 2. The lowest BCUT2D eigenvalue weighted by atomic mass is 9.98. The Morgan fingerprint density at radius 3 is 2.54 bits per heavy atom. The van der Waals surface area contributed by atoms with Gasteiger partial charge in [-0.15, -0.1) is 11.3 Å². The van der Waals surface area contributed by atoms with Gasteiger partial charge in [0.25, 0.3) is 5.91 Å². The van der Waals surface area contributed by atoms with Gasteiger partial charge in [-0.25, -0.2) is 4.98 Å². The third kappa shape index (κ3) is 4.41. The van der Waals surface area contributed by atoms with E-state index >= 15 is 0 Å². The summed E-state index contributed by atoms with van der Waals surface area (Å²) < 4.78 is 18.5. The van der Waals surface area contributed by atoms with E-state index in [4.69, 9.17) is 13.9 Å². The number of hydrogen-bond acceptors (Lipinski definition) is 7. The summed E-state index contributed by atoms with van der Waals surface area (Å²) in [7, 11) is 1.56. The molecule has 0 radical (unpaired) electrons. The lowest BCUT2D eigenvalue weighted by molar-refractivity contribution is 0.0971.